The Kier molecular flexibility index (Phi) is 64.2. The van der Waals surface area contributed by atoms with Crippen LogP contribution < -0.4 is 5.32 Å². The van der Waals surface area contributed by atoms with Crippen LogP contribution in [0.25, 0.3) is 0 Å². The van der Waals surface area contributed by atoms with Gasteiger partial charge in [-0.25, -0.2) is 4.57 Å². The van der Waals surface area contributed by atoms with Crippen LogP contribution in [0, 0.1) is 0 Å². The molecule has 3 N–H and O–H groups in total. The highest BCUT2D eigenvalue weighted by molar-refractivity contribution is 7.47. The SMILES string of the molecule is CC/C=C\C/C=C\C/C=C\C/C=C\CCCCCCCCCCCCCCCCCCCCCCCCCCC(=O)NC(COP(=O)(O)OCC[N+](C)(C)C)C(O)/C=C/CCCCCCCCCCCCCCCCCCCCCCCCC. The molecule has 0 bridgehead atoms. The second-order valence-electron chi connectivity index (χ2n) is 26.3. The van der Waals surface area contributed by atoms with Gasteiger partial charge in [-0.3, -0.25) is 13.8 Å². The van der Waals surface area contributed by atoms with Crippen molar-refractivity contribution in [3.05, 3.63) is 60.8 Å². The van der Waals surface area contributed by atoms with Crippen LogP contribution in [0.3, 0.4) is 0 Å². The van der Waals surface area contributed by atoms with Crippen molar-refractivity contribution in [1.82, 2.24) is 5.32 Å². The van der Waals surface area contributed by atoms with E-state index in [1.807, 2.05) is 27.2 Å². The van der Waals surface area contributed by atoms with Gasteiger partial charge in [-0.05, 0) is 57.8 Å². The molecule has 0 saturated carbocycles. The zero-order valence-electron chi connectivity index (χ0n) is 56.7. The van der Waals surface area contributed by atoms with E-state index < -0.39 is 20.0 Å². The predicted octanol–water partition coefficient (Wildman–Crippen LogP) is 23.6. The standard InChI is InChI=1S/C75H143N2O6P/c1-6-8-10-12-14-16-18-20-22-24-26-28-30-32-33-34-35-36-37-38-39-40-41-42-43-45-47-49-51-53-55-57-59-61-63-65-67-69-75(79)76-73(72-83-84(80,81)82-71-70-77(3,4)5)74(78)68-66-64-62-60-58-56-54-52-50-48-46-44-31-29-27-25-23-21-19-17-15-13-11-9-7-2/h8,10,14,16,20,22,26,28,66,68,73-74,78H,6-7,9,11-13,15,17-19,21,23-25,27,29-65,67,69-72H2,1-5H3,(H-,76,79,80,81)/p+1/b10-8-,16-14-,22-20-,28-26-,68-66+. The van der Waals surface area contributed by atoms with Crippen LogP contribution in [0.4, 0.5) is 0 Å². The molecular formula is C75H144N2O6P+. The summed E-state index contributed by atoms with van der Waals surface area (Å²) in [5, 5.41) is 14.0. The molecule has 494 valence electrons. The van der Waals surface area contributed by atoms with Gasteiger partial charge in [0.25, 0.3) is 0 Å². The molecule has 0 aromatic rings. The number of nitrogens with one attached hydrogen (secondary N) is 1. The Balaban J connectivity index is 3.97. The number of amides is 1. The normalized spacial score (nSPS) is 13.9. The zero-order chi connectivity index (χ0) is 61.2. The Morgan fingerprint density at radius 2 is 0.714 bits per heavy atom. The van der Waals surface area contributed by atoms with E-state index in [1.54, 1.807) is 6.08 Å². The number of hydrogen-bond acceptors (Lipinski definition) is 5. The van der Waals surface area contributed by atoms with E-state index in [9.17, 15) is 19.4 Å². The van der Waals surface area contributed by atoms with Gasteiger partial charge in [-0.1, -0.05) is 357 Å². The molecule has 8 nitrogen and oxygen atoms in total. The van der Waals surface area contributed by atoms with Gasteiger partial charge in [0.05, 0.1) is 39.9 Å². The first-order chi connectivity index (χ1) is 41.0. The molecule has 3 unspecified atom stereocenters. The van der Waals surface area contributed by atoms with Crippen LogP contribution >= 0.6 is 7.82 Å². The van der Waals surface area contributed by atoms with Crippen LogP contribution in [-0.4, -0.2) is 73.4 Å². The maximum absolute atomic E-state index is 13.1. The van der Waals surface area contributed by atoms with Gasteiger partial charge < -0.3 is 19.8 Å². The zero-order valence-corrected chi connectivity index (χ0v) is 57.5. The van der Waals surface area contributed by atoms with Crippen LogP contribution in [0.5, 0.6) is 0 Å². The minimum absolute atomic E-state index is 0.0630. The van der Waals surface area contributed by atoms with Crippen molar-refractivity contribution < 1.29 is 32.9 Å². The summed E-state index contributed by atoms with van der Waals surface area (Å²) in [5.41, 5.74) is 0. The van der Waals surface area contributed by atoms with Crippen molar-refractivity contribution in [3.63, 3.8) is 0 Å². The lowest BCUT2D eigenvalue weighted by atomic mass is 10.0. The molecule has 0 fully saturated rings. The monoisotopic (exact) mass is 1200 g/mol. The van der Waals surface area contributed by atoms with Crippen LogP contribution in [-0.2, 0) is 18.4 Å². The highest BCUT2D eigenvalue weighted by Crippen LogP contribution is 2.43. The quantitative estimate of drug-likeness (QED) is 0.0243. The molecular weight excluding hydrogens is 1060 g/mol. The van der Waals surface area contributed by atoms with E-state index in [4.69, 9.17) is 9.05 Å². The number of aliphatic hydroxyl groups excluding tert-OH is 1. The van der Waals surface area contributed by atoms with Crippen molar-refractivity contribution in [2.45, 2.75) is 373 Å². The highest BCUT2D eigenvalue weighted by Gasteiger charge is 2.28. The number of likely N-dealkylation sites (N-methyl/N-ethyl adjacent to an activating group) is 1. The fourth-order valence-electron chi connectivity index (χ4n) is 11.1. The minimum atomic E-state index is -4.35. The predicted molar refractivity (Wildman–Crippen MR) is 369 cm³/mol. The molecule has 0 radical (unpaired) electrons. The van der Waals surface area contributed by atoms with Gasteiger partial charge in [0.15, 0.2) is 0 Å². The van der Waals surface area contributed by atoms with Gasteiger partial charge in [-0.15, -0.1) is 0 Å². The summed E-state index contributed by atoms with van der Waals surface area (Å²) in [6.07, 6.45) is 91.0. The lowest BCUT2D eigenvalue weighted by Gasteiger charge is -2.25. The smallest absolute Gasteiger partial charge is 0.387 e. The Morgan fingerprint density at radius 1 is 0.417 bits per heavy atom. The van der Waals surface area contributed by atoms with Gasteiger partial charge in [0.2, 0.25) is 5.91 Å². The van der Waals surface area contributed by atoms with Gasteiger partial charge in [-0.2, -0.15) is 0 Å². The third-order valence-electron chi connectivity index (χ3n) is 16.7. The largest absolute Gasteiger partial charge is 0.472 e. The second-order valence-corrected chi connectivity index (χ2v) is 27.7. The fraction of sp³-hybridized carbons (Fsp3) is 0.853. The number of carbonyl (C=O) groups is 1. The molecule has 0 aromatic heterocycles. The molecule has 0 rings (SSSR count). The third kappa shape index (κ3) is 67.7. The Labute approximate surface area is 523 Å². The summed E-state index contributed by atoms with van der Waals surface area (Å²) in [7, 11) is 1.59. The molecule has 0 aliphatic rings. The van der Waals surface area contributed by atoms with E-state index in [-0.39, 0.29) is 19.1 Å². The highest BCUT2D eigenvalue weighted by atomic mass is 31.2. The summed E-state index contributed by atoms with van der Waals surface area (Å²) < 4.78 is 23.8. The summed E-state index contributed by atoms with van der Waals surface area (Å²) in [6, 6.07) is -0.847. The number of nitrogens with zero attached hydrogens (tertiary/aromatic N) is 1. The van der Waals surface area contributed by atoms with E-state index in [0.717, 1.165) is 57.8 Å². The number of phosphoric ester groups is 1. The number of hydrogen-bond donors (Lipinski definition) is 3. The topological polar surface area (TPSA) is 105 Å². The number of aliphatic hydroxyl groups is 1. The lowest BCUT2D eigenvalue weighted by Crippen LogP contribution is -2.45. The van der Waals surface area contributed by atoms with E-state index in [2.05, 4.69) is 67.8 Å². The molecule has 0 spiro atoms. The Morgan fingerprint density at radius 3 is 1.05 bits per heavy atom. The minimum Gasteiger partial charge on any atom is -0.387 e. The lowest BCUT2D eigenvalue weighted by molar-refractivity contribution is -0.870. The van der Waals surface area contributed by atoms with Gasteiger partial charge >= 0.3 is 7.82 Å². The first kappa shape index (κ1) is 82.2. The summed E-state index contributed by atoms with van der Waals surface area (Å²) in [5.74, 6) is -0.170. The average Bonchev–Trinajstić information content (AvgIpc) is 3.56. The number of unbranched alkanes of at least 4 members (excludes halogenated alkanes) is 47. The molecule has 3 atom stereocenters. The number of rotatable bonds is 68. The van der Waals surface area contributed by atoms with Crippen molar-refractivity contribution >= 4 is 13.7 Å². The Bertz CT molecular complexity index is 1550. The molecule has 84 heavy (non-hydrogen) atoms. The maximum atomic E-state index is 13.1. The van der Waals surface area contributed by atoms with E-state index in [0.29, 0.717) is 17.4 Å². The summed E-state index contributed by atoms with van der Waals surface area (Å²) in [4.78, 5) is 23.4. The first-order valence-corrected chi connectivity index (χ1v) is 38.2. The van der Waals surface area contributed by atoms with Crippen molar-refractivity contribution in [2.24, 2.45) is 0 Å². The number of allylic oxidation sites excluding steroid dienone is 9. The molecule has 0 aromatic carbocycles. The molecule has 0 saturated heterocycles. The fourth-order valence-corrected chi connectivity index (χ4v) is 11.8. The molecule has 0 aliphatic carbocycles. The van der Waals surface area contributed by atoms with E-state index in [1.165, 1.54) is 283 Å². The van der Waals surface area contributed by atoms with E-state index >= 15 is 0 Å². The average molecular weight is 1200 g/mol. The molecule has 0 aliphatic heterocycles. The second kappa shape index (κ2) is 65.6. The van der Waals surface area contributed by atoms with Crippen molar-refractivity contribution in [2.75, 3.05) is 40.9 Å². The van der Waals surface area contributed by atoms with Crippen LogP contribution in [0.2, 0.25) is 0 Å². The van der Waals surface area contributed by atoms with Crippen molar-refractivity contribution in [3.8, 4) is 0 Å². The van der Waals surface area contributed by atoms with Crippen LogP contribution in [0.1, 0.15) is 361 Å². The Hall–Kier alpha value is -1.80. The van der Waals surface area contributed by atoms with Crippen molar-refractivity contribution in [1.29, 1.82) is 0 Å². The third-order valence-corrected chi connectivity index (χ3v) is 17.7. The van der Waals surface area contributed by atoms with Crippen LogP contribution in [0.15, 0.2) is 60.8 Å². The van der Waals surface area contributed by atoms with Gasteiger partial charge in [0.1, 0.15) is 13.2 Å². The maximum Gasteiger partial charge on any atom is 0.472 e. The number of carbonyl (C=O) groups excluding carboxylic acids is 1. The number of phosphoric acid groups is 1. The summed E-state index contributed by atoms with van der Waals surface area (Å²) in [6.45, 7) is 4.76. The first-order valence-electron chi connectivity index (χ1n) is 36.7. The summed E-state index contributed by atoms with van der Waals surface area (Å²) >= 11 is 0. The van der Waals surface area contributed by atoms with Gasteiger partial charge in [0, 0.05) is 6.42 Å². The molecule has 9 heteroatoms. The number of quaternary nitrogens is 1. The molecule has 0 heterocycles. The molecule has 1 amide bonds.